The second kappa shape index (κ2) is 7.92. The summed E-state index contributed by atoms with van der Waals surface area (Å²) in [6.45, 7) is 2.59. The first kappa shape index (κ1) is 21.5. The Bertz CT molecular complexity index is 1330. The molecule has 0 amide bonds. The van der Waals surface area contributed by atoms with E-state index >= 15 is 0 Å². The summed E-state index contributed by atoms with van der Waals surface area (Å²) in [6.07, 6.45) is -0.252. The lowest BCUT2D eigenvalue weighted by Crippen LogP contribution is -2.29. The van der Waals surface area contributed by atoms with Gasteiger partial charge < -0.3 is 19.3 Å². The number of hydrogen-bond donors (Lipinski definition) is 1. The molecule has 0 spiro atoms. The number of methoxy groups -OCH3 is 1. The molecule has 174 valence electrons. The number of ether oxygens (including phenoxy) is 3. The fourth-order valence-electron chi connectivity index (χ4n) is 4.43. The Morgan fingerprint density at radius 3 is 2.55 bits per heavy atom. The third kappa shape index (κ3) is 3.66. The summed E-state index contributed by atoms with van der Waals surface area (Å²) in [5.41, 5.74) is 1.09. The van der Waals surface area contributed by atoms with E-state index in [-0.39, 0.29) is 36.6 Å². The van der Waals surface area contributed by atoms with Gasteiger partial charge in [0.15, 0.2) is 11.5 Å². The number of carbonyl (C=O) groups is 1. The number of aromatic nitrogens is 2. The lowest BCUT2D eigenvalue weighted by Gasteiger charge is -2.18. The summed E-state index contributed by atoms with van der Waals surface area (Å²) < 4.78 is 45.8. The smallest absolute Gasteiger partial charge is 0.309 e. The summed E-state index contributed by atoms with van der Waals surface area (Å²) >= 11 is 0. The Labute approximate surface area is 190 Å². The molecular formula is C22H23N3O7S. The number of benzene rings is 2. The van der Waals surface area contributed by atoms with Gasteiger partial charge >= 0.3 is 5.97 Å². The number of sulfonamides is 1. The van der Waals surface area contributed by atoms with Crippen LogP contribution in [0, 0.1) is 5.92 Å². The van der Waals surface area contributed by atoms with Crippen LogP contribution >= 0.6 is 0 Å². The Hall–Kier alpha value is -3.31. The molecule has 0 unspecified atom stereocenters. The predicted molar refractivity (Wildman–Crippen MR) is 117 cm³/mol. The molecule has 0 aliphatic carbocycles. The van der Waals surface area contributed by atoms with Crippen molar-refractivity contribution in [3.8, 4) is 17.2 Å². The highest BCUT2D eigenvalue weighted by atomic mass is 32.2. The van der Waals surface area contributed by atoms with Crippen molar-refractivity contribution >= 4 is 26.9 Å². The van der Waals surface area contributed by atoms with Gasteiger partial charge in [0.2, 0.25) is 16.8 Å². The van der Waals surface area contributed by atoms with Gasteiger partial charge in [0.25, 0.3) is 0 Å². The number of aliphatic carboxylic acids is 1. The van der Waals surface area contributed by atoms with Crippen molar-refractivity contribution in [2.24, 2.45) is 5.92 Å². The largest absolute Gasteiger partial charge is 0.497 e. The molecule has 1 fully saturated rings. The molecule has 1 N–H and O–H groups in total. The maximum Gasteiger partial charge on any atom is 0.309 e. The number of fused-ring (bicyclic) bond motifs is 2. The summed E-state index contributed by atoms with van der Waals surface area (Å²) in [5, 5.41) is 14.6. The minimum absolute atomic E-state index is 0.0516. The van der Waals surface area contributed by atoms with Gasteiger partial charge in [-0.15, -0.1) is 0 Å². The molecular weight excluding hydrogens is 450 g/mol. The molecule has 2 aliphatic heterocycles. The van der Waals surface area contributed by atoms with Crippen molar-refractivity contribution in [1.29, 1.82) is 0 Å². The van der Waals surface area contributed by atoms with E-state index in [1.54, 1.807) is 28.9 Å². The van der Waals surface area contributed by atoms with Crippen molar-refractivity contribution in [3.63, 3.8) is 0 Å². The van der Waals surface area contributed by atoms with Gasteiger partial charge in [0, 0.05) is 24.5 Å². The van der Waals surface area contributed by atoms with E-state index in [1.165, 1.54) is 23.5 Å². The number of nitrogens with zero attached hydrogens (tertiary/aromatic N) is 3. The van der Waals surface area contributed by atoms with Crippen molar-refractivity contribution in [3.05, 3.63) is 42.1 Å². The zero-order valence-corrected chi connectivity index (χ0v) is 18.9. The summed E-state index contributed by atoms with van der Waals surface area (Å²) in [5.74, 6) is 0.622. The van der Waals surface area contributed by atoms with E-state index in [1.807, 2.05) is 6.92 Å². The van der Waals surface area contributed by atoms with Gasteiger partial charge in [0.1, 0.15) is 5.75 Å². The average molecular weight is 474 g/mol. The first-order valence-electron chi connectivity index (χ1n) is 10.4. The van der Waals surface area contributed by atoms with Gasteiger partial charge in [-0.2, -0.15) is 9.40 Å². The van der Waals surface area contributed by atoms with Crippen molar-refractivity contribution < 1.29 is 32.5 Å². The maximum atomic E-state index is 13.3. The minimum atomic E-state index is -3.71. The van der Waals surface area contributed by atoms with Crippen molar-refractivity contribution in [2.45, 2.75) is 24.3 Å². The van der Waals surface area contributed by atoms with Crippen LogP contribution in [0.3, 0.4) is 0 Å². The van der Waals surface area contributed by atoms with Crippen LogP contribution in [0.15, 0.2) is 41.3 Å². The van der Waals surface area contributed by atoms with E-state index in [0.29, 0.717) is 40.4 Å². The molecule has 11 heteroatoms. The Balaban J connectivity index is 1.51. The van der Waals surface area contributed by atoms with Crippen molar-refractivity contribution in [1.82, 2.24) is 14.1 Å². The van der Waals surface area contributed by atoms with E-state index in [4.69, 9.17) is 14.2 Å². The minimum Gasteiger partial charge on any atom is -0.497 e. The highest BCUT2D eigenvalue weighted by molar-refractivity contribution is 7.89. The van der Waals surface area contributed by atoms with Crippen LogP contribution < -0.4 is 14.2 Å². The predicted octanol–water partition coefficient (Wildman–Crippen LogP) is 2.28. The van der Waals surface area contributed by atoms with Crippen LogP contribution in [0.25, 0.3) is 10.9 Å². The lowest BCUT2D eigenvalue weighted by molar-refractivity contribution is -0.136. The molecule has 3 aromatic rings. The van der Waals surface area contributed by atoms with E-state index < -0.39 is 16.0 Å². The van der Waals surface area contributed by atoms with Crippen LogP contribution in [-0.2, 0) is 21.2 Å². The van der Waals surface area contributed by atoms with Crippen molar-refractivity contribution in [2.75, 3.05) is 27.0 Å². The molecule has 2 aliphatic rings. The molecule has 0 radical (unpaired) electrons. The molecule has 1 saturated heterocycles. The Morgan fingerprint density at radius 2 is 1.88 bits per heavy atom. The van der Waals surface area contributed by atoms with Crippen LogP contribution in [0.2, 0.25) is 0 Å². The van der Waals surface area contributed by atoms with Crippen LogP contribution in [0.5, 0.6) is 17.2 Å². The topological polar surface area (TPSA) is 120 Å². The monoisotopic (exact) mass is 473 g/mol. The Kier molecular flexibility index (Phi) is 5.17. The molecule has 0 bridgehead atoms. The molecule has 3 heterocycles. The number of rotatable bonds is 6. The molecule has 5 rings (SSSR count). The van der Waals surface area contributed by atoms with E-state index in [2.05, 4.69) is 5.10 Å². The first-order valence-corrected chi connectivity index (χ1v) is 11.9. The van der Waals surface area contributed by atoms with Crippen LogP contribution in [0.1, 0.15) is 18.7 Å². The average Bonchev–Trinajstić information content (AvgIpc) is 3.49. The zero-order chi connectivity index (χ0) is 23.3. The second-order valence-electron chi connectivity index (χ2n) is 8.23. The van der Waals surface area contributed by atoms with Crippen LogP contribution in [-0.4, -0.2) is 60.6 Å². The van der Waals surface area contributed by atoms with E-state index in [0.717, 1.165) is 0 Å². The third-order valence-corrected chi connectivity index (χ3v) is 7.99. The number of carboxylic acids is 1. The maximum absolute atomic E-state index is 13.3. The van der Waals surface area contributed by atoms with E-state index in [9.17, 15) is 18.3 Å². The fourth-order valence-corrected chi connectivity index (χ4v) is 5.99. The third-order valence-electron chi connectivity index (χ3n) is 6.15. The van der Waals surface area contributed by atoms with Gasteiger partial charge in [0.05, 0.1) is 35.7 Å². The lowest BCUT2D eigenvalue weighted by atomic mass is 10.1. The molecule has 33 heavy (non-hydrogen) atoms. The highest BCUT2D eigenvalue weighted by Gasteiger charge is 2.39. The van der Waals surface area contributed by atoms with Gasteiger partial charge in [-0.1, -0.05) is 6.92 Å². The zero-order valence-electron chi connectivity index (χ0n) is 18.1. The molecule has 2 aromatic carbocycles. The molecule has 1 aromatic heterocycles. The van der Waals surface area contributed by atoms with Gasteiger partial charge in [-0.05, 0) is 36.2 Å². The number of carboxylic acid groups (broad SMARTS) is 1. The SMILES string of the molecule is COc1ccc(S(=O)(=O)N2C[C@@H](C)[C@@H](n3nc(CC(=O)O)c4cc5c(cc43)OCO5)C2)cc1. The summed E-state index contributed by atoms with van der Waals surface area (Å²) in [4.78, 5) is 11.6. The second-order valence-corrected chi connectivity index (χ2v) is 10.2. The molecule has 2 atom stereocenters. The van der Waals surface area contributed by atoms with Gasteiger partial charge in [-0.3, -0.25) is 9.48 Å². The standard InChI is InChI=1S/C22H23N3O7S/c1-13-10-24(33(28,29)15-5-3-14(30-2)4-6-15)11-19(13)25-18-9-21-20(31-12-32-21)7-16(18)17(23-25)8-22(26)27/h3-7,9,13,19H,8,10-12H2,1-2H3,(H,26,27)/t13-,19+/m1/s1. The normalized spacial score (nSPS) is 20.4. The quantitative estimate of drug-likeness (QED) is 0.579. The van der Waals surface area contributed by atoms with Crippen LogP contribution in [0.4, 0.5) is 0 Å². The number of hydrogen-bond acceptors (Lipinski definition) is 7. The Morgan fingerprint density at radius 1 is 1.18 bits per heavy atom. The molecule has 0 saturated carbocycles. The first-order chi connectivity index (χ1) is 15.8. The summed E-state index contributed by atoms with van der Waals surface area (Å²) in [7, 11) is -2.19. The summed E-state index contributed by atoms with van der Waals surface area (Å²) in [6, 6.07) is 9.54. The molecule has 10 nitrogen and oxygen atoms in total. The fraction of sp³-hybridized carbons (Fsp3) is 0.364. The highest BCUT2D eigenvalue weighted by Crippen LogP contribution is 2.40. The van der Waals surface area contributed by atoms with Gasteiger partial charge in [-0.25, -0.2) is 8.42 Å².